The van der Waals surface area contributed by atoms with Crippen molar-refractivity contribution in [2.45, 2.75) is 27.2 Å². The molecule has 0 amide bonds. The highest BCUT2D eigenvalue weighted by Crippen LogP contribution is 2.21. The zero-order valence-electron chi connectivity index (χ0n) is 10.1. The second-order valence-electron chi connectivity index (χ2n) is 4.58. The molecule has 0 radical (unpaired) electrons. The fraction of sp³-hybridized carbons (Fsp3) is 0.583. The highest BCUT2D eigenvalue weighted by molar-refractivity contribution is 5.53. The number of aromatic nitrogens is 1. The first-order valence-electron chi connectivity index (χ1n) is 5.44. The van der Waals surface area contributed by atoms with E-state index < -0.39 is 0 Å². The van der Waals surface area contributed by atoms with E-state index in [1.807, 2.05) is 19.4 Å². The van der Waals surface area contributed by atoms with Gasteiger partial charge in [-0.15, -0.1) is 0 Å². The number of rotatable bonds is 5. The third kappa shape index (κ3) is 3.78. The van der Waals surface area contributed by atoms with E-state index in [1.54, 1.807) is 0 Å². The van der Waals surface area contributed by atoms with Crippen molar-refractivity contribution < 1.29 is 0 Å². The summed E-state index contributed by atoms with van der Waals surface area (Å²) in [6.07, 6.45) is 4.84. The van der Waals surface area contributed by atoms with Crippen molar-refractivity contribution >= 4 is 11.4 Å². The van der Waals surface area contributed by atoms with Gasteiger partial charge in [0.15, 0.2) is 0 Å². The molecule has 2 N–H and O–H groups in total. The predicted octanol–water partition coefficient (Wildman–Crippen LogP) is 2.97. The lowest BCUT2D eigenvalue weighted by Gasteiger charge is -2.23. The summed E-state index contributed by atoms with van der Waals surface area (Å²) in [6.45, 7) is 7.70. The zero-order valence-corrected chi connectivity index (χ0v) is 10.1. The average Bonchev–Trinajstić information content (AvgIpc) is 2.27. The lowest BCUT2D eigenvalue weighted by atomic mass is 9.90. The predicted molar refractivity (Wildman–Crippen MR) is 66.3 cm³/mol. The summed E-state index contributed by atoms with van der Waals surface area (Å²) in [6, 6.07) is 2.07. The Labute approximate surface area is 92.3 Å². The van der Waals surface area contributed by atoms with Crippen molar-refractivity contribution in [3.63, 3.8) is 0 Å². The van der Waals surface area contributed by atoms with Crippen LogP contribution in [-0.2, 0) is 0 Å². The second kappa shape index (κ2) is 5.01. The van der Waals surface area contributed by atoms with Crippen LogP contribution in [0.3, 0.4) is 0 Å². The first kappa shape index (κ1) is 11.8. The van der Waals surface area contributed by atoms with E-state index in [9.17, 15) is 0 Å². The third-order valence-corrected chi connectivity index (χ3v) is 2.76. The Morgan fingerprint density at radius 3 is 2.53 bits per heavy atom. The van der Waals surface area contributed by atoms with E-state index in [4.69, 9.17) is 0 Å². The highest BCUT2D eigenvalue weighted by atomic mass is 14.9. The lowest BCUT2D eigenvalue weighted by molar-refractivity contribution is 0.377. The molecule has 0 aliphatic carbocycles. The molecule has 0 aromatic carbocycles. The highest BCUT2D eigenvalue weighted by Gasteiger charge is 2.14. The van der Waals surface area contributed by atoms with E-state index in [0.717, 1.165) is 17.9 Å². The van der Waals surface area contributed by atoms with Gasteiger partial charge in [-0.2, -0.15) is 0 Å². The molecule has 1 rings (SSSR count). The van der Waals surface area contributed by atoms with Crippen LogP contribution in [0.5, 0.6) is 0 Å². The molecule has 3 nitrogen and oxygen atoms in total. The summed E-state index contributed by atoms with van der Waals surface area (Å²) in [5.74, 6) is 0. The normalized spacial score (nSPS) is 11.2. The monoisotopic (exact) mass is 207 g/mol. The van der Waals surface area contributed by atoms with Gasteiger partial charge in [-0.3, -0.25) is 4.98 Å². The van der Waals surface area contributed by atoms with Gasteiger partial charge in [-0.05, 0) is 17.9 Å². The number of pyridine rings is 1. The molecule has 0 aliphatic rings. The zero-order chi connectivity index (χ0) is 11.3. The fourth-order valence-corrected chi connectivity index (χ4v) is 1.14. The standard InChI is InChI=1S/C12H21N3/c1-5-12(2,3)9-15-11-6-10(13-4)7-14-8-11/h6-8,13,15H,5,9H2,1-4H3. The molecule has 0 bridgehead atoms. The van der Waals surface area contributed by atoms with Crippen LogP contribution in [0.15, 0.2) is 18.5 Å². The third-order valence-electron chi connectivity index (χ3n) is 2.76. The lowest BCUT2D eigenvalue weighted by Crippen LogP contribution is -2.22. The summed E-state index contributed by atoms with van der Waals surface area (Å²) >= 11 is 0. The summed E-state index contributed by atoms with van der Waals surface area (Å²) in [4.78, 5) is 4.16. The minimum absolute atomic E-state index is 0.329. The van der Waals surface area contributed by atoms with Crippen LogP contribution in [0, 0.1) is 5.41 Å². The molecule has 0 unspecified atom stereocenters. The minimum Gasteiger partial charge on any atom is -0.387 e. The molecular weight excluding hydrogens is 186 g/mol. The molecule has 15 heavy (non-hydrogen) atoms. The van der Waals surface area contributed by atoms with Gasteiger partial charge in [-0.1, -0.05) is 20.8 Å². The van der Waals surface area contributed by atoms with Crippen LogP contribution in [-0.4, -0.2) is 18.6 Å². The van der Waals surface area contributed by atoms with Gasteiger partial charge < -0.3 is 10.6 Å². The van der Waals surface area contributed by atoms with Crippen molar-refractivity contribution in [1.82, 2.24) is 4.98 Å². The van der Waals surface area contributed by atoms with E-state index in [2.05, 4.69) is 42.5 Å². The largest absolute Gasteiger partial charge is 0.387 e. The molecule has 0 saturated heterocycles. The smallest absolute Gasteiger partial charge is 0.0547 e. The Bertz CT molecular complexity index is 307. The molecule has 3 heteroatoms. The van der Waals surface area contributed by atoms with Crippen LogP contribution >= 0.6 is 0 Å². The van der Waals surface area contributed by atoms with Gasteiger partial charge in [0.05, 0.1) is 23.8 Å². The molecule has 1 aromatic heterocycles. The Morgan fingerprint density at radius 1 is 1.27 bits per heavy atom. The molecule has 1 aromatic rings. The maximum atomic E-state index is 4.16. The van der Waals surface area contributed by atoms with Gasteiger partial charge in [-0.25, -0.2) is 0 Å². The van der Waals surface area contributed by atoms with Crippen LogP contribution in [0.2, 0.25) is 0 Å². The molecule has 0 atom stereocenters. The number of nitrogens with zero attached hydrogens (tertiary/aromatic N) is 1. The maximum Gasteiger partial charge on any atom is 0.0547 e. The van der Waals surface area contributed by atoms with Gasteiger partial charge in [0.1, 0.15) is 0 Å². The molecule has 1 heterocycles. The number of nitrogens with one attached hydrogen (secondary N) is 2. The van der Waals surface area contributed by atoms with Gasteiger partial charge in [0.2, 0.25) is 0 Å². The van der Waals surface area contributed by atoms with Crippen molar-refractivity contribution in [3.8, 4) is 0 Å². The average molecular weight is 207 g/mol. The topological polar surface area (TPSA) is 37.0 Å². The van der Waals surface area contributed by atoms with E-state index in [1.165, 1.54) is 6.42 Å². The van der Waals surface area contributed by atoms with E-state index in [0.29, 0.717) is 5.41 Å². The first-order chi connectivity index (χ1) is 7.07. The first-order valence-corrected chi connectivity index (χ1v) is 5.44. The molecule has 0 spiro atoms. The van der Waals surface area contributed by atoms with Crippen molar-refractivity contribution in [2.75, 3.05) is 24.2 Å². The molecular formula is C12H21N3. The summed E-state index contributed by atoms with van der Waals surface area (Å²) in [5.41, 5.74) is 2.44. The molecule has 0 aliphatic heterocycles. The van der Waals surface area contributed by atoms with E-state index in [-0.39, 0.29) is 0 Å². The Morgan fingerprint density at radius 2 is 1.93 bits per heavy atom. The summed E-state index contributed by atoms with van der Waals surface area (Å²) in [5, 5.41) is 6.48. The Balaban J connectivity index is 2.57. The van der Waals surface area contributed by atoms with Crippen molar-refractivity contribution in [1.29, 1.82) is 0 Å². The van der Waals surface area contributed by atoms with Gasteiger partial charge >= 0.3 is 0 Å². The Hall–Kier alpha value is -1.25. The second-order valence-corrected chi connectivity index (χ2v) is 4.58. The molecule has 84 valence electrons. The quantitative estimate of drug-likeness (QED) is 0.779. The van der Waals surface area contributed by atoms with Crippen molar-refractivity contribution in [3.05, 3.63) is 18.5 Å². The molecule has 0 saturated carbocycles. The molecule has 0 fully saturated rings. The Kier molecular flexibility index (Phi) is 3.95. The van der Waals surface area contributed by atoms with Gasteiger partial charge in [0, 0.05) is 13.6 Å². The summed E-state index contributed by atoms with van der Waals surface area (Å²) in [7, 11) is 1.90. The summed E-state index contributed by atoms with van der Waals surface area (Å²) < 4.78 is 0. The van der Waals surface area contributed by atoms with Crippen molar-refractivity contribution in [2.24, 2.45) is 5.41 Å². The number of hydrogen-bond donors (Lipinski definition) is 2. The van der Waals surface area contributed by atoms with Crippen LogP contribution in [0.25, 0.3) is 0 Å². The SMILES string of the molecule is CCC(C)(C)CNc1cncc(NC)c1. The van der Waals surface area contributed by atoms with Crippen LogP contribution in [0.1, 0.15) is 27.2 Å². The van der Waals surface area contributed by atoms with E-state index >= 15 is 0 Å². The number of anilines is 2. The van der Waals surface area contributed by atoms with Gasteiger partial charge in [0.25, 0.3) is 0 Å². The fourth-order valence-electron chi connectivity index (χ4n) is 1.14. The number of hydrogen-bond acceptors (Lipinski definition) is 3. The maximum absolute atomic E-state index is 4.16. The minimum atomic E-state index is 0.329. The van der Waals surface area contributed by atoms with Crippen LogP contribution < -0.4 is 10.6 Å². The van der Waals surface area contributed by atoms with Crippen LogP contribution in [0.4, 0.5) is 11.4 Å².